The summed E-state index contributed by atoms with van der Waals surface area (Å²) in [4.78, 5) is 12.1. The third kappa shape index (κ3) is 5.39. The van der Waals surface area contributed by atoms with E-state index in [9.17, 15) is 4.79 Å². The molecule has 0 aromatic heterocycles. The fourth-order valence-electron chi connectivity index (χ4n) is 2.75. The van der Waals surface area contributed by atoms with Crippen molar-refractivity contribution in [3.8, 4) is 17.2 Å². The van der Waals surface area contributed by atoms with Gasteiger partial charge in [0, 0.05) is 18.2 Å². The molecule has 0 bridgehead atoms. The van der Waals surface area contributed by atoms with Crippen molar-refractivity contribution in [3.63, 3.8) is 0 Å². The highest BCUT2D eigenvalue weighted by atomic mass is 79.9. The Balaban J connectivity index is 1.43. The van der Waals surface area contributed by atoms with Crippen LogP contribution in [0.5, 0.6) is 17.2 Å². The van der Waals surface area contributed by atoms with Crippen LogP contribution < -0.4 is 19.5 Å². The first-order valence-corrected chi connectivity index (χ1v) is 9.94. The molecule has 27 heavy (non-hydrogen) atoms. The number of benzene rings is 2. The molecule has 5 nitrogen and oxygen atoms in total. The zero-order valence-electron chi connectivity index (χ0n) is 15.6. The van der Waals surface area contributed by atoms with E-state index in [0.29, 0.717) is 55.8 Å². The van der Waals surface area contributed by atoms with Crippen LogP contribution in [0.2, 0.25) is 0 Å². The molecule has 1 aliphatic rings. The average Bonchev–Trinajstić information content (AvgIpc) is 2.66. The predicted molar refractivity (Wildman–Crippen MR) is 109 cm³/mol. The van der Waals surface area contributed by atoms with Crippen molar-refractivity contribution in [3.05, 3.63) is 46.4 Å². The summed E-state index contributed by atoms with van der Waals surface area (Å²) < 4.78 is 17.7. The zero-order valence-corrected chi connectivity index (χ0v) is 17.2. The highest BCUT2D eigenvalue weighted by Crippen LogP contribution is 2.32. The molecule has 0 saturated heterocycles. The molecule has 1 heterocycles. The smallest absolute Gasteiger partial charge is 0.224 e. The summed E-state index contributed by atoms with van der Waals surface area (Å²) in [5, 5.41) is 2.88. The molecular weight excluding hydrogens is 410 g/mol. The van der Waals surface area contributed by atoms with Crippen LogP contribution in [0.15, 0.2) is 40.9 Å². The van der Waals surface area contributed by atoms with Crippen molar-refractivity contribution < 1.29 is 19.0 Å². The van der Waals surface area contributed by atoms with Crippen LogP contribution in [0.1, 0.15) is 38.2 Å². The highest BCUT2D eigenvalue weighted by Gasteiger charge is 2.13. The summed E-state index contributed by atoms with van der Waals surface area (Å²) in [5.74, 6) is 2.59. The molecule has 2 aromatic carbocycles. The van der Waals surface area contributed by atoms with Crippen LogP contribution in [0.3, 0.4) is 0 Å². The Morgan fingerprint density at radius 3 is 2.67 bits per heavy atom. The van der Waals surface area contributed by atoms with Crippen LogP contribution in [0.4, 0.5) is 5.69 Å². The van der Waals surface area contributed by atoms with E-state index in [1.54, 1.807) is 6.07 Å². The molecule has 0 atom stereocenters. The van der Waals surface area contributed by atoms with Gasteiger partial charge >= 0.3 is 0 Å². The minimum Gasteiger partial charge on any atom is -0.492 e. The number of nitrogens with one attached hydrogen (secondary N) is 1. The fourth-order valence-corrected chi connectivity index (χ4v) is 3.26. The Bertz CT molecular complexity index is 807. The molecule has 0 fully saturated rings. The van der Waals surface area contributed by atoms with Crippen molar-refractivity contribution in [2.45, 2.75) is 32.6 Å². The van der Waals surface area contributed by atoms with E-state index in [4.69, 9.17) is 14.2 Å². The van der Waals surface area contributed by atoms with E-state index in [-0.39, 0.29) is 5.91 Å². The Kier molecular flexibility index (Phi) is 6.61. The number of amides is 1. The second-order valence-electron chi connectivity index (χ2n) is 6.70. The van der Waals surface area contributed by atoms with Crippen molar-refractivity contribution in [2.75, 3.05) is 25.1 Å². The Labute approximate surface area is 168 Å². The highest BCUT2D eigenvalue weighted by molar-refractivity contribution is 9.10. The summed E-state index contributed by atoms with van der Waals surface area (Å²) >= 11 is 3.54. The monoisotopic (exact) mass is 433 g/mol. The fraction of sp³-hybridized carbons (Fsp3) is 0.381. The molecule has 1 N–H and O–H groups in total. The van der Waals surface area contributed by atoms with Crippen LogP contribution >= 0.6 is 15.9 Å². The lowest BCUT2D eigenvalue weighted by atomic mass is 10.0. The van der Waals surface area contributed by atoms with Crippen LogP contribution in [0, 0.1) is 0 Å². The molecule has 0 spiro atoms. The number of anilines is 1. The van der Waals surface area contributed by atoms with Gasteiger partial charge in [-0.15, -0.1) is 0 Å². The molecule has 1 aliphatic heterocycles. The van der Waals surface area contributed by atoms with Gasteiger partial charge in [0.1, 0.15) is 19.0 Å². The molecule has 0 radical (unpaired) electrons. The topological polar surface area (TPSA) is 56.8 Å². The first kappa shape index (κ1) is 19.5. The van der Waals surface area contributed by atoms with E-state index in [1.807, 2.05) is 18.2 Å². The molecule has 1 amide bonds. The van der Waals surface area contributed by atoms with E-state index in [2.05, 4.69) is 47.2 Å². The summed E-state index contributed by atoms with van der Waals surface area (Å²) in [6, 6.07) is 11.5. The number of ether oxygens (including phenoxy) is 3. The molecular formula is C21H24BrNO4. The van der Waals surface area contributed by atoms with Gasteiger partial charge in [0.25, 0.3) is 0 Å². The molecule has 3 rings (SSSR count). The Morgan fingerprint density at radius 2 is 1.93 bits per heavy atom. The van der Waals surface area contributed by atoms with E-state index < -0.39 is 0 Å². The van der Waals surface area contributed by atoms with Crippen LogP contribution in [-0.2, 0) is 4.79 Å². The number of carbonyl (C=O) groups is 1. The first-order chi connectivity index (χ1) is 13.0. The molecule has 0 aliphatic carbocycles. The molecule has 6 heteroatoms. The predicted octanol–water partition coefficient (Wildman–Crippen LogP) is 5.14. The Hall–Kier alpha value is -2.21. The summed E-state index contributed by atoms with van der Waals surface area (Å²) in [6.45, 7) is 5.86. The lowest BCUT2D eigenvalue weighted by Crippen LogP contribution is -2.16. The van der Waals surface area contributed by atoms with Gasteiger partial charge in [-0.1, -0.05) is 19.9 Å². The summed E-state index contributed by atoms with van der Waals surface area (Å²) in [6.07, 6.45) is 1.02. The minimum absolute atomic E-state index is 0.0514. The SMILES string of the molecule is CC(C)c1ccc(OCCCC(=O)Nc2ccc3c(c2)OCCO3)c(Br)c1. The number of halogens is 1. The van der Waals surface area contributed by atoms with Crippen LogP contribution in [0.25, 0.3) is 0 Å². The largest absolute Gasteiger partial charge is 0.492 e. The van der Waals surface area contributed by atoms with E-state index in [0.717, 1.165) is 10.2 Å². The van der Waals surface area contributed by atoms with E-state index in [1.165, 1.54) is 5.56 Å². The quantitative estimate of drug-likeness (QED) is 0.613. The Morgan fingerprint density at radius 1 is 1.15 bits per heavy atom. The van der Waals surface area contributed by atoms with Crippen LogP contribution in [-0.4, -0.2) is 25.7 Å². The standard InChI is InChI=1S/C21H24BrNO4/c1-14(2)15-5-7-18(17(22)12-15)25-9-3-4-21(24)23-16-6-8-19-20(13-16)27-11-10-26-19/h5-8,12-14H,3-4,9-11H2,1-2H3,(H,23,24). The summed E-state index contributed by atoms with van der Waals surface area (Å²) in [7, 11) is 0. The lowest BCUT2D eigenvalue weighted by Gasteiger charge is -2.19. The number of hydrogen-bond donors (Lipinski definition) is 1. The number of fused-ring (bicyclic) bond motifs is 1. The van der Waals surface area contributed by atoms with Crippen molar-refractivity contribution in [1.29, 1.82) is 0 Å². The van der Waals surface area contributed by atoms with Gasteiger partial charge < -0.3 is 19.5 Å². The second kappa shape index (κ2) is 9.13. The minimum atomic E-state index is -0.0514. The van der Waals surface area contributed by atoms with Crippen molar-refractivity contribution in [1.82, 2.24) is 0 Å². The maximum Gasteiger partial charge on any atom is 0.224 e. The maximum atomic E-state index is 12.1. The second-order valence-corrected chi connectivity index (χ2v) is 7.56. The third-order valence-corrected chi connectivity index (χ3v) is 4.87. The zero-order chi connectivity index (χ0) is 19.2. The molecule has 0 saturated carbocycles. The van der Waals surface area contributed by atoms with Gasteiger partial charge in [0.2, 0.25) is 5.91 Å². The van der Waals surface area contributed by atoms with Crippen molar-refractivity contribution in [2.24, 2.45) is 0 Å². The van der Waals surface area contributed by atoms with Gasteiger partial charge in [-0.2, -0.15) is 0 Å². The lowest BCUT2D eigenvalue weighted by molar-refractivity contribution is -0.116. The number of carbonyl (C=O) groups excluding carboxylic acids is 1. The average molecular weight is 434 g/mol. The van der Waals surface area contributed by atoms with Gasteiger partial charge in [0.05, 0.1) is 11.1 Å². The van der Waals surface area contributed by atoms with Gasteiger partial charge in [-0.3, -0.25) is 4.79 Å². The van der Waals surface area contributed by atoms with Gasteiger partial charge in [-0.05, 0) is 58.1 Å². The molecule has 0 unspecified atom stereocenters. The summed E-state index contributed by atoms with van der Waals surface area (Å²) in [5.41, 5.74) is 1.96. The first-order valence-electron chi connectivity index (χ1n) is 9.14. The normalized spacial score (nSPS) is 12.7. The third-order valence-electron chi connectivity index (χ3n) is 4.25. The molecule has 144 valence electrons. The molecule has 2 aromatic rings. The number of hydrogen-bond acceptors (Lipinski definition) is 4. The van der Waals surface area contributed by atoms with Crippen molar-refractivity contribution >= 4 is 27.5 Å². The maximum absolute atomic E-state index is 12.1. The number of rotatable bonds is 7. The van der Waals surface area contributed by atoms with E-state index >= 15 is 0 Å². The van der Waals surface area contributed by atoms with Gasteiger partial charge in [0.15, 0.2) is 11.5 Å². The van der Waals surface area contributed by atoms with Gasteiger partial charge in [-0.25, -0.2) is 0 Å².